The fourth-order valence-electron chi connectivity index (χ4n) is 3.16. The third-order valence-electron chi connectivity index (χ3n) is 4.53. The van der Waals surface area contributed by atoms with Crippen LogP contribution in [0, 0.1) is 0 Å². The second-order valence-corrected chi connectivity index (χ2v) is 8.26. The van der Waals surface area contributed by atoms with E-state index in [2.05, 4.69) is 14.9 Å². The van der Waals surface area contributed by atoms with Gasteiger partial charge in [-0.2, -0.15) is 4.31 Å². The van der Waals surface area contributed by atoms with E-state index in [4.69, 9.17) is 4.98 Å². The summed E-state index contributed by atoms with van der Waals surface area (Å²) in [6, 6.07) is 11.7. The van der Waals surface area contributed by atoms with E-state index in [-0.39, 0.29) is 0 Å². The van der Waals surface area contributed by atoms with Crippen molar-refractivity contribution in [2.24, 2.45) is 0 Å². The van der Waals surface area contributed by atoms with Gasteiger partial charge in [-0.1, -0.05) is 12.1 Å². The lowest BCUT2D eigenvalue weighted by Crippen LogP contribution is -2.48. The molecule has 8 heteroatoms. The first-order valence-electron chi connectivity index (χ1n) is 8.39. The molecule has 2 aromatic heterocycles. The van der Waals surface area contributed by atoms with Crippen LogP contribution in [0.1, 0.15) is 0 Å². The number of hydrogen-bond donors (Lipinski definition) is 0. The number of para-hydroxylation sites is 1. The van der Waals surface area contributed by atoms with E-state index in [0.717, 1.165) is 22.3 Å². The van der Waals surface area contributed by atoms with Crippen molar-refractivity contribution < 1.29 is 8.42 Å². The van der Waals surface area contributed by atoms with Crippen LogP contribution in [0.3, 0.4) is 0 Å². The van der Waals surface area contributed by atoms with Crippen LogP contribution in [0.25, 0.3) is 22.3 Å². The van der Waals surface area contributed by atoms with Gasteiger partial charge in [0, 0.05) is 49.5 Å². The molecule has 1 fully saturated rings. The summed E-state index contributed by atoms with van der Waals surface area (Å²) in [5.74, 6) is 1.49. The van der Waals surface area contributed by atoms with E-state index < -0.39 is 10.0 Å². The standard InChI is InChI=1S/C18H19N5O2S/c1-26(24,25)23-12-10-22(11-13-23)18-15-4-2-3-5-16(15)20-17(21-18)14-6-8-19-9-7-14/h2-9H,10-13H2,1H3. The van der Waals surface area contributed by atoms with Gasteiger partial charge in [-0.05, 0) is 24.3 Å². The van der Waals surface area contributed by atoms with Crippen molar-refractivity contribution in [3.8, 4) is 11.4 Å². The van der Waals surface area contributed by atoms with E-state index in [1.165, 1.54) is 10.6 Å². The zero-order chi connectivity index (χ0) is 18.1. The van der Waals surface area contributed by atoms with Crippen molar-refractivity contribution in [1.29, 1.82) is 0 Å². The largest absolute Gasteiger partial charge is 0.353 e. The second kappa shape index (κ2) is 6.62. The molecule has 26 heavy (non-hydrogen) atoms. The van der Waals surface area contributed by atoms with E-state index in [1.807, 2.05) is 36.4 Å². The van der Waals surface area contributed by atoms with Crippen LogP contribution in [-0.2, 0) is 10.0 Å². The first-order chi connectivity index (χ1) is 12.5. The van der Waals surface area contributed by atoms with E-state index >= 15 is 0 Å². The van der Waals surface area contributed by atoms with Crippen LogP contribution in [0.4, 0.5) is 5.82 Å². The minimum atomic E-state index is -3.16. The lowest BCUT2D eigenvalue weighted by Gasteiger charge is -2.34. The molecule has 0 aliphatic carbocycles. The zero-order valence-electron chi connectivity index (χ0n) is 14.4. The highest BCUT2D eigenvalue weighted by Gasteiger charge is 2.25. The second-order valence-electron chi connectivity index (χ2n) is 6.27. The third kappa shape index (κ3) is 3.25. The molecule has 1 aliphatic rings. The van der Waals surface area contributed by atoms with Crippen LogP contribution in [-0.4, -0.2) is 60.1 Å². The maximum absolute atomic E-state index is 11.8. The Kier molecular flexibility index (Phi) is 4.29. The molecule has 3 heterocycles. The number of nitrogens with zero attached hydrogens (tertiary/aromatic N) is 5. The number of sulfonamides is 1. The van der Waals surface area contributed by atoms with Crippen molar-refractivity contribution in [3.05, 3.63) is 48.8 Å². The van der Waals surface area contributed by atoms with Crippen molar-refractivity contribution in [2.75, 3.05) is 37.3 Å². The number of hydrogen-bond acceptors (Lipinski definition) is 6. The molecule has 0 unspecified atom stereocenters. The summed E-state index contributed by atoms with van der Waals surface area (Å²) >= 11 is 0. The number of pyridine rings is 1. The summed E-state index contributed by atoms with van der Waals surface area (Å²) in [5.41, 5.74) is 1.77. The van der Waals surface area contributed by atoms with E-state index in [9.17, 15) is 8.42 Å². The van der Waals surface area contributed by atoms with Gasteiger partial charge in [-0.15, -0.1) is 0 Å². The quantitative estimate of drug-likeness (QED) is 0.700. The Bertz CT molecular complexity index is 1030. The molecule has 7 nitrogen and oxygen atoms in total. The molecule has 0 bridgehead atoms. The van der Waals surface area contributed by atoms with Gasteiger partial charge in [0.1, 0.15) is 5.82 Å². The minimum Gasteiger partial charge on any atom is -0.353 e. The van der Waals surface area contributed by atoms with Crippen LogP contribution < -0.4 is 4.90 Å². The van der Waals surface area contributed by atoms with Gasteiger partial charge in [0.15, 0.2) is 5.82 Å². The Balaban J connectivity index is 1.75. The fourth-order valence-corrected chi connectivity index (χ4v) is 3.99. The molecule has 134 valence electrons. The van der Waals surface area contributed by atoms with Gasteiger partial charge < -0.3 is 4.90 Å². The van der Waals surface area contributed by atoms with Crippen molar-refractivity contribution in [3.63, 3.8) is 0 Å². The number of rotatable bonds is 3. The molecule has 1 aliphatic heterocycles. The van der Waals surface area contributed by atoms with Crippen LogP contribution >= 0.6 is 0 Å². The molecular formula is C18H19N5O2S. The molecule has 0 N–H and O–H groups in total. The third-order valence-corrected chi connectivity index (χ3v) is 5.83. The summed E-state index contributed by atoms with van der Waals surface area (Å²) in [5, 5.41) is 0.970. The summed E-state index contributed by atoms with van der Waals surface area (Å²) in [6.45, 7) is 2.12. The normalized spacial score (nSPS) is 16.1. The summed E-state index contributed by atoms with van der Waals surface area (Å²) < 4.78 is 25.0. The average Bonchev–Trinajstić information content (AvgIpc) is 2.67. The summed E-state index contributed by atoms with van der Waals surface area (Å²) in [6.07, 6.45) is 4.70. The first-order valence-corrected chi connectivity index (χ1v) is 10.2. The van der Waals surface area contributed by atoms with Crippen molar-refractivity contribution >= 4 is 26.7 Å². The number of aromatic nitrogens is 3. The van der Waals surface area contributed by atoms with Gasteiger partial charge in [0.05, 0.1) is 11.8 Å². The molecule has 0 amide bonds. The average molecular weight is 369 g/mol. The molecule has 0 radical (unpaired) electrons. The summed E-state index contributed by atoms with van der Waals surface area (Å²) in [7, 11) is -3.16. The van der Waals surface area contributed by atoms with Gasteiger partial charge in [0.25, 0.3) is 0 Å². The highest BCUT2D eigenvalue weighted by Crippen LogP contribution is 2.28. The van der Waals surface area contributed by atoms with Crippen molar-refractivity contribution in [2.45, 2.75) is 0 Å². The lowest BCUT2D eigenvalue weighted by molar-refractivity contribution is 0.387. The Morgan fingerprint density at radius 2 is 1.62 bits per heavy atom. The van der Waals surface area contributed by atoms with Crippen molar-refractivity contribution in [1.82, 2.24) is 19.3 Å². The number of fused-ring (bicyclic) bond motifs is 1. The van der Waals surface area contributed by atoms with Gasteiger partial charge in [-0.3, -0.25) is 4.98 Å². The topological polar surface area (TPSA) is 79.3 Å². The van der Waals surface area contributed by atoms with Gasteiger partial charge >= 0.3 is 0 Å². The van der Waals surface area contributed by atoms with Crippen LogP contribution in [0.5, 0.6) is 0 Å². The minimum absolute atomic E-state index is 0.460. The Morgan fingerprint density at radius 3 is 2.31 bits per heavy atom. The smallest absolute Gasteiger partial charge is 0.211 e. The van der Waals surface area contributed by atoms with E-state index in [1.54, 1.807) is 12.4 Å². The molecule has 4 rings (SSSR count). The maximum atomic E-state index is 11.8. The van der Waals surface area contributed by atoms with E-state index in [0.29, 0.717) is 32.0 Å². The molecule has 0 spiro atoms. The number of anilines is 1. The fraction of sp³-hybridized carbons (Fsp3) is 0.278. The van der Waals surface area contributed by atoms with Gasteiger partial charge in [-0.25, -0.2) is 18.4 Å². The number of benzene rings is 1. The SMILES string of the molecule is CS(=O)(=O)N1CCN(c2nc(-c3ccncc3)nc3ccccc23)CC1. The predicted octanol–water partition coefficient (Wildman–Crippen LogP) is 1.77. The maximum Gasteiger partial charge on any atom is 0.211 e. The predicted molar refractivity (Wildman–Crippen MR) is 101 cm³/mol. The molecule has 0 saturated carbocycles. The first kappa shape index (κ1) is 16.9. The molecule has 0 atom stereocenters. The van der Waals surface area contributed by atoms with Crippen LogP contribution in [0.15, 0.2) is 48.8 Å². The molecule has 1 saturated heterocycles. The lowest BCUT2D eigenvalue weighted by atomic mass is 10.2. The Morgan fingerprint density at radius 1 is 0.923 bits per heavy atom. The highest BCUT2D eigenvalue weighted by atomic mass is 32.2. The Hall–Kier alpha value is -2.58. The number of piperazine rings is 1. The summed E-state index contributed by atoms with van der Waals surface area (Å²) in [4.78, 5) is 15.7. The zero-order valence-corrected chi connectivity index (χ0v) is 15.2. The molecule has 3 aromatic rings. The Labute approximate surface area is 152 Å². The highest BCUT2D eigenvalue weighted by molar-refractivity contribution is 7.88. The van der Waals surface area contributed by atoms with Crippen LogP contribution in [0.2, 0.25) is 0 Å². The monoisotopic (exact) mass is 369 g/mol. The molecular weight excluding hydrogens is 350 g/mol. The molecule has 1 aromatic carbocycles. The van der Waals surface area contributed by atoms with Gasteiger partial charge in [0.2, 0.25) is 10.0 Å².